The molecule has 0 aliphatic carbocycles. The van der Waals surface area contributed by atoms with Gasteiger partial charge in [-0.1, -0.05) is 17.7 Å². The molecule has 1 rings (SSSR count). The minimum atomic E-state index is -3.44. The molecule has 17 heavy (non-hydrogen) atoms. The summed E-state index contributed by atoms with van der Waals surface area (Å²) >= 11 is 0. The topological polar surface area (TPSA) is 96.2 Å². The van der Waals surface area contributed by atoms with Crippen LogP contribution in [0.15, 0.2) is 29.2 Å². The molecule has 6 nitrogen and oxygen atoms in total. The van der Waals surface area contributed by atoms with Crippen molar-refractivity contribution >= 4 is 10.0 Å². The van der Waals surface area contributed by atoms with E-state index >= 15 is 0 Å². The Bertz CT molecular complexity index is 430. The lowest BCUT2D eigenvalue weighted by molar-refractivity contribution is 0.552. The van der Waals surface area contributed by atoms with Crippen molar-refractivity contribution < 1.29 is 8.42 Å². The zero-order valence-electron chi connectivity index (χ0n) is 9.73. The molecule has 0 atom stereocenters. The molecule has 0 bridgehead atoms. The van der Waals surface area contributed by atoms with Crippen molar-refractivity contribution in [2.75, 3.05) is 20.0 Å². The Morgan fingerprint density at radius 1 is 1.12 bits per heavy atom. The molecule has 96 valence electrons. The fraction of sp³-hybridized carbons (Fsp3) is 0.400. The predicted molar refractivity (Wildman–Crippen MR) is 66.6 cm³/mol. The van der Waals surface area contributed by atoms with Gasteiger partial charge in [-0.05, 0) is 19.1 Å². The highest BCUT2D eigenvalue weighted by Gasteiger charge is 2.11. The molecule has 0 unspecified atom stereocenters. The van der Waals surface area contributed by atoms with Gasteiger partial charge in [0.1, 0.15) is 0 Å². The van der Waals surface area contributed by atoms with Crippen molar-refractivity contribution in [1.82, 2.24) is 15.4 Å². The summed E-state index contributed by atoms with van der Waals surface area (Å²) in [6, 6.07) is 6.68. The standard InChI is InChI=1S/C10H18N4O2S/c1-9-2-4-10(5-3-9)17(15,16)14-8-13-7-12-6-11/h2-5,12-14H,6-8,11H2,1H3. The molecule has 0 aliphatic rings. The van der Waals surface area contributed by atoms with Crippen molar-refractivity contribution in [3.63, 3.8) is 0 Å². The van der Waals surface area contributed by atoms with Crippen LogP contribution in [0.1, 0.15) is 5.56 Å². The van der Waals surface area contributed by atoms with Crippen LogP contribution >= 0.6 is 0 Å². The zero-order valence-corrected chi connectivity index (χ0v) is 10.5. The van der Waals surface area contributed by atoms with E-state index < -0.39 is 10.0 Å². The van der Waals surface area contributed by atoms with Gasteiger partial charge in [-0.2, -0.15) is 4.72 Å². The van der Waals surface area contributed by atoms with Crippen LogP contribution in [0.3, 0.4) is 0 Å². The average Bonchev–Trinajstić information content (AvgIpc) is 2.29. The summed E-state index contributed by atoms with van der Waals surface area (Å²) < 4.78 is 26.0. The van der Waals surface area contributed by atoms with Crippen LogP contribution in [0.5, 0.6) is 0 Å². The Labute approximate surface area is 102 Å². The van der Waals surface area contributed by atoms with Crippen molar-refractivity contribution in [2.45, 2.75) is 11.8 Å². The first kappa shape index (κ1) is 14.1. The molecule has 0 radical (unpaired) electrons. The minimum Gasteiger partial charge on any atom is -0.318 e. The molecule has 0 amide bonds. The van der Waals surface area contributed by atoms with Gasteiger partial charge in [0, 0.05) is 13.3 Å². The third-order valence-electron chi connectivity index (χ3n) is 2.11. The summed E-state index contributed by atoms with van der Waals surface area (Å²) in [4.78, 5) is 0.261. The highest BCUT2D eigenvalue weighted by Crippen LogP contribution is 2.08. The lowest BCUT2D eigenvalue weighted by atomic mass is 10.2. The monoisotopic (exact) mass is 258 g/mol. The third kappa shape index (κ3) is 4.80. The largest absolute Gasteiger partial charge is 0.318 e. The number of aryl methyl sites for hydroxylation is 1. The van der Waals surface area contributed by atoms with Crippen LogP contribution in [-0.4, -0.2) is 28.4 Å². The normalized spacial score (nSPS) is 11.6. The number of nitrogens with two attached hydrogens (primary N) is 1. The maximum Gasteiger partial charge on any atom is 0.241 e. The second-order valence-corrected chi connectivity index (χ2v) is 5.29. The molecule has 1 aromatic carbocycles. The Hall–Kier alpha value is -0.990. The molecule has 5 N–H and O–H groups in total. The van der Waals surface area contributed by atoms with E-state index in [0.717, 1.165) is 5.56 Å². The van der Waals surface area contributed by atoms with Gasteiger partial charge in [0.2, 0.25) is 10.0 Å². The van der Waals surface area contributed by atoms with E-state index in [-0.39, 0.29) is 11.6 Å². The Morgan fingerprint density at radius 2 is 1.76 bits per heavy atom. The first-order chi connectivity index (χ1) is 8.06. The van der Waals surface area contributed by atoms with E-state index in [9.17, 15) is 8.42 Å². The molecule has 0 saturated heterocycles. The van der Waals surface area contributed by atoms with Crippen LogP contribution in [0.25, 0.3) is 0 Å². The summed E-state index contributed by atoms with van der Waals surface area (Å²) in [5, 5.41) is 5.66. The van der Waals surface area contributed by atoms with Gasteiger partial charge in [0.25, 0.3) is 0 Å². The number of nitrogens with one attached hydrogen (secondary N) is 3. The molecule has 0 heterocycles. The van der Waals surface area contributed by atoms with Gasteiger partial charge in [-0.25, -0.2) is 8.42 Å². The average molecular weight is 258 g/mol. The highest BCUT2D eigenvalue weighted by atomic mass is 32.2. The summed E-state index contributed by atoms with van der Waals surface area (Å²) in [5.74, 6) is 0. The summed E-state index contributed by atoms with van der Waals surface area (Å²) in [5.41, 5.74) is 6.23. The lowest BCUT2D eigenvalue weighted by Crippen LogP contribution is -2.40. The molecule has 7 heteroatoms. The van der Waals surface area contributed by atoms with E-state index in [1.54, 1.807) is 24.3 Å². The van der Waals surface area contributed by atoms with Crippen molar-refractivity contribution in [3.05, 3.63) is 29.8 Å². The van der Waals surface area contributed by atoms with E-state index in [1.807, 2.05) is 6.92 Å². The highest BCUT2D eigenvalue weighted by molar-refractivity contribution is 7.89. The molecular weight excluding hydrogens is 240 g/mol. The van der Waals surface area contributed by atoms with E-state index in [1.165, 1.54) is 0 Å². The van der Waals surface area contributed by atoms with Crippen molar-refractivity contribution in [2.24, 2.45) is 5.73 Å². The second-order valence-electron chi connectivity index (χ2n) is 3.52. The second kappa shape index (κ2) is 6.67. The third-order valence-corrected chi connectivity index (χ3v) is 3.53. The van der Waals surface area contributed by atoms with Crippen LogP contribution in [0, 0.1) is 6.92 Å². The van der Waals surface area contributed by atoms with Gasteiger partial charge in [-0.3, -0.25) is 10.6 Å². The lowest BCUT2D eigenvalue weighted by Gasteiger charge is -2.08. The van der Waals surface area contributed by atoms with Gasteiger partial charge in [-0.15, -0.1) is 0 Å². The van der Waals surface area contributed by atoms with Crippen LogP contribution in [0.2, 0.25) is 0 Å². The first-order valence-electron chi connectivity index (χ1n) is 5.24. The van der Waals surface area contributed by atoms with E-state index in [0.29, 0.717) is 13.3 Å². The Balaban J connectivity index is 2.48. The molecule has 0 aliphatic heterocycles. The van der Waals surface area contributed by atoms with Gasteiger partial charge in [0.15, 0.2) is 0 Å². The Morgan fingerprint density at radius 3 is 2.35 bits per heavy atom. The van der Waals surface area contributed by atoms with Gasteiger partial charge >= 0.3 is 0 Å². The molecule has 0 saturated carbocycles. The predicted octanol–water partition coefficient (Wildman–Crippen LogP) is -0.716. The summed E-state index contributed by atoms with van der Waals surface area (Å²) in [6.07, 6.45) is 0. The fourth-order valence-corrected chi connectivity index (χ4v) is 2.12. The van der Waals surface area contributed by atoms with Crippen LogP contribution in [0.4, 0.5) is 0 Å². The van der Waals surface area contributed by atoms with Crippen LogP contribution < -0.4 is 21.1 Å². The summed E-state index contributed by atoms with van der Waals surface area (Å²) in [6.45, 7) is 2.86. The zero-order chi connectivity index (χ0) is 12.7. The number of hydrogen-bond acceptors (Lipinski definition) is 5. The number of rotatable bonds is 7. The fourth-order valence-electron chi connectivity index (χ4n) is 1.17. The number of benzene rings is 1. The van der Waals surface area contributed by atoms with Crippen LogP contribution in [-0.2, 0) is 10.0 Å². The first-order valence-corrected chi connectivity index (χ1v) is 6.72. The Kier molecular flexibility index (Phi) is 5.52. The molecule has 0 fully saturated rings. The minimum absolute atomic E-state index is 0.156. The van der Waals surface area contributed by atoms with E-state index in [4.69, 9.17) is 5.73 Å². The maximum absolute atomic E-state index is 11.8. The number of hydrogen-bond donors (Lipinski definition) is 4. The number of sulfonamides is 1. The maximum atomic E-state index is 11.8. The van der Waals surface area contributed by atoms with E-state index in [2.05, 4.69) is 15.4 Å². The molecular formula is C10H18N4O2S. The van der Waals surface area contributed by atoms with Gasteiger partial charge < -0.3 is 5.73 Å². The molecule has 0 aromatic heterocycles. The SMILES string of the molecule is Cc1ccc(S(=O)(=O)NCNCNCN)cc1. The van der Waals surface area contributed by atoms with Gasteiger partial charge in [0.05, 0.1) is 11.6 Å². The smallest absolute Gasteiger partial charge is 0.241 e. The summed E-state index contributed by atoms with van der Waals surface area (Å²) in [7, 11) is -3.44. The molecule has 1 aromatic rings. The van der Waals surface area contributed by atoms with Crippen molar-refractivity contribution in [3.8, 4) is 0 Å². The quantitative estimate of drug-likeness (QED) is 0.382. The molecule has 0 spiro atoms. The van der Waals surface area contributed by atoms with Crippen molar-refractivity contribution in [1.29, 1.82) is 0 Å².